The Balaban J connectivity index is 1.44. The molecule has 1 fully saturated rings. The Morgan fingerprint density at radius 2 is 1.84 bits per heavy atom. The number of nitrogens with zero attached hydrogens (tertiary/aromatic N) is 4. The van der Waals surface area contributed by atoms with Gasteiger partial charge in [0.1, 0.15) is 12.4 Å². The molecule has 0 radical (unpaired) electrons. The van der Waals surface area contributed by atoms with Gasteiger partial charge in [-0.2, -0.15) is 0 Å². The minimum Gasteiger partial charge on any atom is -0.324 e. The highest BCUT2D eigenvalue weighted by Gasteiger charge is 2.10. The Labute approximate surface area is 150 Å². The lowest BCUT2D eigenvalue weighted by molar-refractivity contribution is -0.385. The highest BCUT2D eigenvalue weighted by Crippen LogP contribution is 2.20. The predicted octanol–water partition coefficient (Wildman–Crippen LogP) is 2.82. The SMILES string of the molecule is O=[N+]([O-])c1cnc(Nc2ccc(SNCCN3CCCC3)cc2)nc1. The Bertz CT molecular complexity index is 689. The standard InChI is InChI=1S/C16H20N6O2S/c23-22(24)14-11-17-16(18-12-14)20-13-3-5-15(6-4-13)25-19-7-10-21-8-1-2-9-21/h3-6,11-12,19H,1-2,7-10H2,(H,17,18,20). The lowest BCUT2D eigenvalue weighted by atomic mass is 10.3. The van der Waals surface area contributed by atoms with Gasteiger partial charge in [-0.1, -0.05) is 0 Å². The number of likely N-dealkylation sites (tertiary alicyclic amines) is 1. The maximum absolute atomic E-state index is 10.6. The van der Waals surface area contributed by atoms with Crippen molar-refractivity contribution in [2.45, 2.75) is 17.7 Å². The number of nitro groups is 1. The summed E-state index contributed by atoms with van der Waals surface area (Å²) in [5, 5.41) is 13.6. The second-order valence-electron chi connectivity index (χ2n) is 5.72. The van der Waals surface area contributed by atoms with Gasteiger partial charge in [-0.3, -0.25) is 14.8 Å². The first-order valence-electron chi connectivity index (χ1n) is 8.16. The molecule has 1 aromatic heterocycles. The van der Waals surface area contributed by atoms with Gasteiger partial charge < -0.3 is 10.2 Å². The summed E-state index contributed by atoms with van der Waals surface area (Å²) < 4.78 is 3.38. The van der Waals surface area contributed by atoms with Crippen LogP contribution in [0, 0.1) is 10.1 Å². The summed E-state index contributed by atoms with van der Waals surface area (Å²) >= 11 is 1.61. The van der Waals surface area contributed by atoms with Crippen LogP contribution in [-0.2, 0) is 0 Å². The Morgan fingerprint density at radius 1 is 1.16 bits per heavy atom. The van der Waals surface area contributed by atoms with Crippen LogP contribution in [0.3, 0.4) is 0 Å². The van der Waals surface area contributed by atoms with Crippen molar-refractivity contribution in [2.24, 2.45) is 0 Å². The zero-order valence-electron chi connectivity index (χ0n) is 13.7. The van der Waals surface area contributed by atoms with E-state index >= 15 is 0 Å². The summed E-state index contributed by atoms with van der Waals surface area (Å²) in [6.45, 7) is 4.49. The van der Waals surface area contributed by atoms with E-state index in [1.165, 1.54) is 38.3 Å². The van der Waals surface area contributed by atoms with Crippen LogP contribution < -0.4 is 10.0 Å². The quantitative estimate of drug-likeness (QED) is 0.321. The second-order valence-corrected chi connectivity index (χ2v) is 6.68. The smallest absolute Gasteiger partial charge is 0.305 e. The number of nitrogens with one attached hydrogen (secondary N) is 2. The maximum atomic E-state index is 10.6. The monoisotopic (exact) mass is 360 g/mol. The highest BCUT2D eigenvalue weighted by atomic mass is 32.2. The first-order valence-corrected chi connectivity index (χ1v) is 8.98. The molecule has 132 valence electrons. The molecule has 0 atom stereocenters. The van der Waals surface area contributed by atoms with Gasteiger partial charge in [0.05, 0.1) is 4.92 Å². The molecular weight excluding hydrogens is 340 g/mol. The molecule has 3 rings (SSSR count). The van der Waals surface area contributed by atoms with Gasteiger partial charge in [0, 0.05) is 23.7 Å². The molecule has 1 aliphatic rings. The number of rotatable bonds is 8. The van der Waals surface area contributed by atoms with E-state index in [2.05, 4.69) is 24.9 Å². The maximum Gasteiger partial charge on any atom is 0.305 e. The van der Waals surface area contributed by atoms with Crippen LogP contribution in [0.2, 0.25) is 0 Å². The van der Waals surface area contributed by atoms with Gasteiger partial charge in [0.15, 0.2) is 0 Å². The molecule has 1 saturated heterocycles. The minimum atomic E-state index is -0.521. The van der Waals surface area contributed by atoms with E-state index in [4.69, 9.17) is 0 Å². The molecular formula is C16H20N6O2S. The topological polar surface area (TPSA) is 96.2 Å². The van der Waals surface area contributed by atoms with E-state index in [-0.39, 0.29) is 5.69 Å². The molecule has 8 nitrogen and oxygen atoms in total. The number of aromatic nitrogens is 2. The van der Waals surface area contributed by atoms with Crippen LogP contribution in [0.1, 0.15) is 12.8 Å². The van der Waals surface area contributed by atoms with Crippen LogP contribution in [0.25, 0.3) is 0 Å². The molecule has 9 heteroatoms. The van der Waals surface area contributed by atoms with Gasteiger partial charge in [-0.05, 0) is 62.1 Å². The minimum absolute atomic E-state index is 0.127. The fourth-order valence-corrected chi connectivity index (χ4v) is 3.19. The van der Waals surface area contributed by atoms with Gasteiger partial charge >= 0.3 is 5.69 Å². The molecule has 0 spiro atoms. The van der Waals surface area contributed by atoms with E-state index in [9.17, 15) is 10.1 Å². The van der Waals surface area contributed by atoms with E-state index in [0.717, 1.165) is 23.7 Å². The lowest BCUT2D eigenvalue weighted by Crippen LogP contribution is -2.27. The van der Waals surface area contributed by atoms with Crippen molar-refractivity contribution in [3.05, 3.63) is 46.8 Å². The predicted molar refractivity (Wildman–Crippen MR) is 97.9 cm³/mol. The summed E-state index contributed by atoms with van der Waals surface area (Å²) in [5.74, 6) is 0.328. The van der Waals surface area contributed by atoms with Crippen molar-refractivity contribution in [3.63, 3.8) is 0 Å². The van der Waals surface area contributed by atoms with Crippen molar-refractivity contribution in [1.82, 2.24) is 19.6 Å². The van der Waals surface area contributed by atoms with Crippen molar-refractivity contribution in [1.29, 1.82) is 0 Å². The van der Waals surface area contributed by atoms with Crippen molar-refractivity contribution < 1.29 is 4.92 Å². The van der Waals surface area contributed by atoms with Crippen LogP contribution in [0.4, 0.5) is 17.3 Å². The van der Waals surface area contributed by atoms with E-state index in [1.807, 2.05) is 24.3 Å². The van der Waals surface area contributed by atoms with Crippen LogP contribution in [-0.4, -0.2) is 46.0 Å². The van der Waals surface area contributed by atoms with Crippen LogP contribution in [0.5, 0.6) is 0 Å². The van der Waals surface area contributed by atoms with Gasteiger partial charge in [-0.25, -0.2) is 9.97 Å². The van der Waals surface area contributed by atoms with Crippen LogP contribution >= 0.6 is 11.9 Å². The summed E-state index contributed by atoms with van der Waals surface area (Å²) in [7, 11) is 0. The third-order valence-electron chi connectivity index (χ3n) is 3.88. The summed E-state index contributed by atoms with van der Waals surface area (Å²) in [5.41, 5.74) is 0.701. The molecule has 0 saturated carbocycles. The number of anilines is 2. The largest absolute Gasteiger partial charge is 0.324 e. The first kappa shape index (κ1) is 17.6. The fourth-order valence-electron chi connectivity index (χ4n) is 2.56. The molecule has 1 aromatic carbocycles. The average molecular weight is 360 g/mol. The first-order chi connectivity index (χ1) is 12.2. The second kappa shape index (κ2) is 8.75. The summed E-state index contributed by atoms with van der Waals surface area (Å²) in [4.78, 5) is 21.5. The Hall–Kier alpha value is -2.23. The van der Waals surface area contributed by atoms with E-state index in [0.29, 0.717) is 5.95 Å². The third-order valence-corrected chi connectivity index (χ3v) is 4.73. The molecule has 2 N–H and O–H groups in total. The third kappa shape index (κ3) is 5.38. The average Bonchev–Trinajstić information content (AvgIpc) is 3.14. The van der Waals surface area contributed by atoms with Gasteiger partial charge in [0.25, 0.3) is 0 Å². The molecule has 0 unspecified atom stereocenters. The molecule has 0 amide bonds. The van der Waals surface area contributed by atoms with E-state index in [1.54, 1.807) is 11.9 Å². The molecule has 2 heterocycles. The summed E-state index contributed by atoms with van der Waals surface area (Å²) in [6, 6.07) is 7.85. The number of hydrogen-bond donors (Lipinski definition) is 2. The normalized spacial score (nSPS) is 14.6. The number of hydrogen-bond acceptors (Lipinski definition) is 8. The van der Waals surface area contributed by atoms with E-state index < -0.39 is 4.92 Å². The fraction of sp³-hybridized carbons (Fsp3) is 0.375. The number of benzene rings is 1. The Kier molecular flexibility index (Phi) is 6.15. The Morgan fingerprint density at radius 3 is 2.48 bits per heavy atom. The van der Waals surface area contributed by atoms with Crippen molar-refractivity contribution in [3.8, 4) is 0 Å². The summed E-state index contributed by atoms with van der Waals surface area (Å²) in [6.07, 6.45) is 5.01. The molecule has 25 heavy (non-hydrogen) atoms. The van der Waals surface area contributed by atoms with Gasteiger partial charge in [-0.15, -0.1) is 0 Å². The molecule has 0 aliphatic carbocycles. The highest BCUT2D eigenvalue weighted by molar-refractivity contribution is 7.97. The van der Waals surface area contributed by atoms with Gasteiger partial charge in [0.2, 0.25) is 5.95 Å². The molecule has 1 aliphatic heterocycles. The molecule has 0 bridgehead atoms. The zero-order chi connectivity index (χ0) is 17.5. The van der Waals surface area contributed by atoms with Crippen LogP contribution in [0.15, 0.2) is 41.6 Å². The molecule has 2 aromatic rings. The van der Waals surface area contributed by atoms with Crippen molar-refractivity contribution >= 4 is 29.3 Å². The lowest BCUT2D eigenvalue weighted by Gasteiger charge is -2.14. The van der Waals surface area contributed by atoms with Crippen molar-refractivity contribution in [2.75, 3.05) is 31.5 Å². The zero-order valence-corrected chi connectivity index (χ0v) is 14.5.